The number of nitrogens with two attached hydrogens (primary N) is 1. The van der Waals surface area contributed by atoms with Crippen LogP contribution in [0.15, 0.2) is 30.9 Å². The van der Waals surface area contributed by atoms with E-state index in [9.17, 15) is 18.7 Å². The van der Waals surface area contributed by atoms with Crippen LogP contribution >= 0.6 is 0 Å². The fraction of sp³-hybridized carbons (Fsp3) is 0.357. The van der Waals surface area contributed by atoms with Crippen LogP contribution in [-0.2, 0) is 16.9 Å². The molecule has 23 heavy (non-hydrogen) atoms. The van der Waals surface area contributed by atoms with Crippen molar-refractivity contribution in [3.8, 4) is 0 Å². The van der Waals surface area contributed by atoms with Gasteiger partial charge in [-0.3, -0.25) is 4.79 Å². The number of halogens is 2. The smallest absolute Gasteiger partial charge is 0.320 e. The van der Waals surface area contributed by atoms with E-state index < -0.39 is 29.2 Å². The van der Waals surface area contributed by atoms with Crippen molar-refractivity contribution in [3.05, 3.63) is 48.1 Å². The Morgan fingerprint density at radius 2 is 2.17 bits per heavy atom. The van der Waals surface area contributed by atoms with Crippen molar-refractivity contribution < 1.29 is 23.8 Å². The van der Waals surface area contributed by atoms with Crippen molar-refractivity contribution in [2.75, 3.05) is 0 Å². The van der Waals surface area contributed by atoms with Gasteiger partial charge in [0.2, 0.25) is 0 Å². The van der Waals surface area contributed by atoms with E-state index in [1.165, 1.54) is 17.3 Å². The number of rotatable bonds is 7. The Labute approximate surface area is 130 Å². The van der Waals surface area contributed by atoms with Crippen LogP contribution in [0.25, 0.3) is 0 Å². The van der Waals surface area contributed by atoms with E-state index in [-0.39, 0.29) is 24.9 Å². The van der Waals surface area contributed by atoms with Gasteiger partial charge in [-0.05, 0) is 18.9 Å². The van der Waals surface area contributed by atoms with Gasteiger partial charge in [0.05, 0.1) is 6.54 Å². The van der Waals surface area contributed by atoms with Gasteiger partial charge in [-0.15, -0.1) is 0 Å². The molecule has 0 aliphatic heterocycles. The van der Waals surface area contributed by atoms with Crippen LogP contribution in [0.3, 0.4) is 0 Å². The maximum absolute atomic E-state index is 14.1. The first-order valence-corrected chi connectivity index (χ1v) is 6.80. The summed E-state index contributed by atoms with van der Waals surface area (Å²) in [5, 5.41) is 23.5. The van der Waals surface area contributed by atoms with Gasteiger partial charge in [0.15, 0.2) is 0 Å². The molecular formula is C14H16F2N4O3. The quantitative estimate of drug-likeness (QED) is 0.688. The lowest BCUT2D eigenvalue weighted by Crippen LogP contribution is -2.37. The highest BCUT2D eigenvalue weighted by atomic mass is 19.1. The van der Waals surface area contributed by atoms with Crippen LogP contribution in [0, 0.1) is 11.6 Å². The van der Waals surface area contributed by atoms with E-state index >= 15 is 0 Å². The molecule has 0 bridgehead atoms. The second-order valence-corrected chi connectivity index (χ2v) is 5.23. The van der Waals surface area contributed by atoms with Crippen LogP contribution in [-0.4, -0.2) is 37.0 Å². The van der Waals surface area contributed by atoms with Crippen LogP contribution in [0.1, 0.15) is 18.4 Å². The molecule has 2 rings (SSSR count). The predicted molar refractivity (Wildman–Crippen MR) is 75.1 cm³/mol. The van der Waals surface area contributed by atoms with Gasteiger partial charge in [0.1, 0.15) is 35.9 Å². The number of aliphatic hydroxyl groups is 1. The summed E-state index contributed by atoms with van der Waals surface area (Å²) in [5.41, 5.74) is 3.47. The minimum Gasteiger partial charge on any atom is -0.480 e. The molecular weight excluding hydrogens is 310 g/mol. The van der Waals surface area contributed by atoms with E-state index in [2.05, 4.69) is 10.1 Å². The largest absolute Gasteiger partial charge is 0.480 e. The Bertz CT molecular complexity index is 681. The van der Waals surface area contributed by atoms with Gasteiger partial charge in [-0.2, -0.15) is 5.10 Å². The van der Waals surface area contributed by atoms with E-state index in [4.69, 9.17) is 10.8 Å². The minimum absolute atomic E-state index is 0.0999. The zero-order valence-corrected chi connectivity index (χ0v) is 12.1. The first kappa shape index (κ1) is 17.0. The molecule has 0 radical (unpaired) electrons. The van der Waals surface area contributed by atoms with Gasteiger partial charge >= 0.3 is 5.97 Å². The van der Waals surface area contributed by atoms with Crippen molar-refractivity contribution in [2.45, 2.75) is 31.0 Å². The highest BCUT2D eigenvalue weighted by molar-refractivity contribution is 5.72. The van der Waals surface area contributed by atoms with Crippen molar-refractivity contribution in [2.24, 2.45) is 5.73 Å². The Morgan fingerprint density at radius 1 is 1.43 bits per heavy atom. The molecule has 0 aliphatic carbocycles. The number of hydrogen-bond acceptors (Lipinski definition) is 5. The van der Waals surface area contributed by atoms with Crippen molar-refractivity contribution >= 4 is 5.97 Å². The summed E-state index contributed by atoms with van der Waals surface area (Å²) in [6.45, 7) is -0.179. The summed E-state index contributed by atoms with van der Waals surface area (Å²) in [7, 11) is 0. The molecule has 0 fully saturated rings. The lowest BCUT2D eigenvalue weighted by atomic mass is 9.87. The fourth-order valence-electron chi connectivity index (χ4n) is 2.27. The zero-order valence-electron chi connectivity index (χ0n) is 12.1. The summed E-state index contributed by atoms with van der Waals surface area (Å²) in [6.07, 6.45) is 2.31. The first-order valence-electron chi connectivity index (χ1n) is 6.80. The third kappa shape index (κ3) is 4.08. The average Bonchev–Trinajstić information content (AvgIpc) is 2.97. The van der Waals surface area contributed by atoms with Crippen LogP contribution < -0.4 is 5.73 Å². The monoisotopic (exact) mass is 326 g/mol. The number of nitrogens with zero attached hydrogens (tertiary/aromatic N) is 3. The molecule has 2 aromatic rings. The first-order chi connectivity index (χ1) is 10.8. The molecule has 0 saturated heterocycles. The van der Waals surface area contributed by atoms with Crippen molar-refractivity contribution in [1.82, 2.24) is 14.8 Å². The SMILES string of the molecule is N[C@H](CCC(O)(Cn1cncn1)c1ccc(F)cc1F)C(=O)O. The van der Waals surface area contributed by atoms with Crippen LogP contribution in [0.2, 0.25) is 0 Å². The summed E-state index contributed by atoms with van der Waals surface area (Å²) >= 11 is 0. The molecule has 1 unspecified atom stereocenters. The number of carbonyl (C=O) groups is 1. The number of aliphatic carboxylic acids is 1. The molecule has 0 amide bonds. The number of carboxylic acid groups (broad SMARTS) is 1. The molecule has 2 atom stereocenters. The number of aromatic nitrogens is 3. The Hall–Kier alpha value is -2.39. The molecule has 1 aromatic carbocycles. The topological polar surface area (TPSA) is 114 Å². The summed E-state index contributed by atoms with van der Waals surface area (Å²) in [5.74, 6) is -2.94. The summed E-state index contributed by atoms with van der Waals surface area (Å²) < 4.78 is 28.4. The molecule has 0 spiro atoms. The molecule has 4 N–H and O–H groups in total. The van der Waals surface area contributed by atoms with E-state index in [0.29, 0.717) is 6.07 Å². The summed E-state index contributed by atoms with van der Waals surface area (Å²) in [4.78, 5) is 14.6. The molecule has 0 aliphatic rings. The zero-order chi connectivity index (χ0) is 17.0. The van der Waals surface area contributed by atoms with Crippen LogP contribution in [0.4, 0.5) is 8.78 Å². The molecule has 0 saturated carbocycles. The fourth-order valence-corrected chi connectivity index (χ4v) is 2.27. The predicted octanol–water partition coefficient (Wildman–Crippen LogP) is 0.636. The Morgan fingerprint density at radius 3 is 2.74 bits per heavy atom. The maximum atomic E-state index is 14.1. The molecule has 7 nitrogen and oxygen atoms in total. The van der Waals surface area contributed by atoms with E-state index in [1.807, 2.05) is 0 Å². The second kappa shape index (κ2) is 6.80. The van der Waals surface area contributed by atoms with Crippen molar-refractivity contribution in [3.63, 3.8) is 0 Å². The third-order valence-electron chi connectivity index (χ3n) is 3.51. The highest BCUT2D eigenvalue weighted by Gasteiger charge is 2.34. The second-order valence-electron chi connectivity index (χ2n) is 5.23. The van der Waals surface area contributed by atoms with E-state index in [1.54, 1.807) is 0 Å². The van der Waals surface area contributed by atoms with Gasteiger partial charge in [-0.1, -0.05) is 6.07 Å². The highest BCUT2D eigenvalue weighted by Crippen LogP contribution is 2.31. The molecule has 9 heteroatoms. The van der Waals surface area contributed by atoms with Gasteiger partial charge in [-0.25, -0.2) is 18.4 Å². The van der Waals surface area contributed by atoms with E-state index in [0.717, 1.165) is 12.1 Å². The number of carboxylic acids is 1. The van der Waals surface area contributed by atoms with Gasteiger partial charge in [0.25, 0.3) is 0 Å². The summed E-state index contributed by atoms with van der Waals surface area (Å²) in [6, 6.07) is 1.58. The van der Waals surface area contributed by atoms with Crippen molar-refractivity contribution in [1.29, 1.82) is 0 Å². The van der Waals surface area contributed by atoms with Gasteiger partial charge < -0.3 is 15.9 Å². The standard InChI is InChI=1S/C14H16F2N4O3/c15-9-1-2-10(11(16)5-9)14(23,4-3-12(17)13(21)22)6-20-8-18-7-19-20/h1-2,5,7-8,12,23H,3-4,6,17H2,(H,21,22)/t12-,14?/m1/s1. The lowest BCUT2D eigenvalue weighted by Gasteiger charge is -2.29. The molecule has 1 aromatic heterocycles. The number of hydrogen-bond donors (Lipinski definition) is 3. The third-order valence-corrected chi connectivity index (χ3v) is 3.51. The maximum Gasteiger partial charge on any atom is 0.320 e. The van der Waals surface area contributed by atoms with Gasteiger partial charge in [0, 0.05) is 11.6 Å². The average molecular weight is 326 g/mol. The Balaban J connectivity index is 2.31. The lowest BCUT2D eigenvalue weighted by molar-refractivity contribution is -0.139. The Kier molecular flexibility index (Phi) is 5.02. The molecule has 1 heterocycles. The minimum atomic E-state index is -1.81. The normalized spacial score (nSPS) is 15.1. The van der Waals surface area contributed by atoms with Crippen LogP contribution in [0.5, 0.6) is 0 Å². The number of benzene rings is 1. The molecule has 124 valence electrons.